The van der Waals surface area contributed by atoms with Crippen molar-refractivity contribution >= 4 is 27.7 Å². The number of halogens is 1. The van der Waals surface area contributed by atoms with E-state index in [9.17, 15) is 0 Å². The van der Waals surface area contributed by atoms with Crippen LogP contribution in [0.2, 0.25) is 0 Å². The highest BCUT2D eigenvalue weighted by Crippen LogP contribution is 2.15. The molecule has 1 heterocycles. The Morgan fingerprint density at radius 1 is 0.840 bits per heavy atom. The van der Waals surface area contributed by atoms with Crippen LogP contribution < -0.4 is 4.57 Å². The van der Waals surface area contributed by atoms with Crippen molar-refractivity contribution in [2.75, 3.05) is 5.75 Å². The molecule has 25 heavy (non-hydrogen) atoms. The molecule has 0 saturated heterocycles. The van der Waals surface area contributed by atoms with Crippen LogP contribution in [-0.4, -0.2) is 5.75 Å². The summed E-state index contributed by atoms with van der Waals surface area (Å²) < 4.78 is 3.53. The van der Waals surface area contributed by atoms with Gasteiger partial charge in [-0.3, -0.25) is 0 Å². The van der Waals surface area contributed by atoms with Crippen LogP contribution in [0.25, 0.3) is 0 Å². The molecule has 0 unspecified atom stereocenters. The second-order valence-electron chi connectivity index (χ2n) is 7.11. The van der Waals surface area contributed by atoms with E-state index in [1.807, 2.05) is 0 Å². The van der Waals surface area contributed by atoms with E-state index in [2.05, 4.69) is 64.6 Å². The monoisotopic (exact) mass is 428 g/mol. The molecule has 0 aliphatic heterocycles. The van der Waals surface area contributed by atoms with Crippen molar-refractivity contribution in [1.29, 1.82) is 0 Å². The summed E-state index contributed by atoms with van der Waals surface area (Å²) in [5, 5.41) is 0. The molecule has 144 valence electrons. The molecule has 0 bridgehead atoms. The van der Waals surface area contributed by atoms with Gasteiger partial charge in [0.1, 0.15) is 0 Å². The normalized spacial score (nSPS) is 11.2. The molecule has 1 aromatic rings. The molecular formula is C22H39BrNS+. The number of aromatic nitrogens is 1. The van der Waals surface area contributed by atoms with Crippen LogP contribution in [0.4, 0.5) is 0 Å². The topological polar surface area (TPSA) is 3.88 Å². The number of hydrogen-bond donors (Lipinski definition) is 0. The largest absolute Gasteiger partial charge is 0.194 e. The summed E-state index contributed by atoms with van der Waals surface area (Å²) in [6, 6.07) is 2.23. The Morgan fingerprint density at radius 2 is 1.40 bits per heavy atom. The van der Waals surface area contributed by atoms with Crippen molar-refractivity contribution in [3.05, 3.63) is 28.5 Å². The zero-order chi connectivity index (χ0) is 18.2. The summed E-state index contributed by atoms with van der Waals surface area (Å²) in [5.74, 6) is 2.36. The van der Waals surface area contributed by atoms with E-state index >= 15 is 0 Å². The highest BCUT2D eigenvalue weighted by Gasteiger charge is 2.05. The third-order valence-corrected chi connectivity index (χ3v) is 6.59. The highest BCUT2D eigenvalue weighted by molar-refractivity contribution is 9.10. The molecule has 1 rings (SSSR count). The van der Waals surface area contributed by atoms with Gasteiger partial charge >= 0.3 is 0 Å². The molecule has 0 aromatic carbocycles. The van der Waals surface area contributed by atoms with Crippen LogP contribution in [0.15, 0.2) is 22.9 Å². The van der Waals surface area contributed by atoms with Crippen LogP contribution in [0.1, 0.15) is 96.5 Å². The van der Waals surface area contributed by atoms with Crippen molar-refractivity contribution in [3.8, 4) is 0 Å². The minimum absolute atomic E-state index is 1.07. The molecular weight excluding hydrogens is 390 g/mol. The van der Waals surface area contributed by atoms with Gasteiger partial charge in [-0.1, -0.05) is 96.2 Å². The third-order valence-electron chi connectivity index (χ3n) is 4.82. The first kappa shape index (κ1) is 23.0. The van der Waals surface area contributed by atoms with Gasteiger partial charge in [0.05, 0.1) is 4.47 Å². The van der Waals surface area contributed by atoms with Crippen LogP contribution in [-0.2, 0) is 12.3 Å². The van der Waals surface area contributed by atoms with Crippen molar-refractivity contribution < 1.29 is 4.57 Å². The summed E-state index contributed by atoms with van der Waals surface area (Å²) in [5.41, 5.74) is 1.39. The van der Waals surface area contributed by atoms with E-state index < -0.39 is 0 Å². The maximum Gasteiger partial charge on any atom is 0.194 e. The summed E-state index contributed by atoms with van der Waals surface area (Å²) >= 11 is 5.71. The minimum atomic E-state index is 1.07. The fourth-order valence-electron chi connectivity index (χ4n) is 3.12. The van der Waals surface area contributed by atoms with Gasteiger partial charge in [0.2, 0.25) is 0 Å². The number of rotatable bonds is 16. The molecule has 0 fully saturated rings. The first-order valence-corrected chi connectivity index (χ1v) is 12.5. The Hall–Kier alpha value is -0.0200. The molecule has 0 aliphatic carbocycles. The molecule has 0 aliphatic rings. The maximum absolute atomic E-state index is 3.66. The fraction of sp³-hybridized carbons (Fsp3) is 0.773. The lowest BCUT2D eigenvalue weighted by molar-refractivity contribution is -0.676. The SMILES string of the molecule is CCCCCCCCCCCCCCSC[n+]1ccc(CC)c(Br)c1. The Morgan fingerprint density at radius 3 is 1.92 bits per heavy atom. The van der Waals surface area contributed by atoms with E-state index in [0.717, 1.165) is 12.3 Å². The minimum Gasteiger partial charge on any atom is -0.194 e. The maximum atomic E-state index is 3.66. The van der Waals surface area contributed by atoms with E-state index in [-0.39, 0.29) is 0 Å². The third kappa shape index (κ3) is 12.1. The van der Waals surface area contributed by atoms with Crippen molar-refractivity contribution in [3.63, 3.8) is 0 Å². The number of hydrogen-bond acceptors (Lipinski definition) is 1. The predicted octanol–water partition coefficient (Wildman–Crippen LogP) is 7.69. The van der Waals surface area contributed by atoms with Gasteiger partial charge in [0.25, 0.3) is 0 Å². The van der Waals surface area contributed by atoms with Gasteiger partial charge in [-0.2, -0.15) is 4.57 Å². The summed E-state index contributed by atoms with van der Waals surface area (Å²) in [4.78, 5) is 0. The molecule has 1 nitrogen and oxygen atoms in total. The molecule has 0 spiro atoms. The fourth-order valence-corrected chi connectivity index (χ4v) is 4.70. The average Bonchev–Trinajstić information content (AvgIpc) is 2.62. The van der Waals surface area contributed by atoms with E-state index in [1.165, 1.54) is 92.8 Å². The van der Waals surface area contributed by atoms with Crippen molar-refractivity contribution in [2.45, 2.75) is 103 Å². The smallest absolute Gasteiger partial charge is 0.194 e. The molecule has 0 N–H and O–H groups in total. The highest BCUT2D eigenvalue weighted by atomic mass is 79.9. The van der Waals surface area contributed by atoms with E-state index in [4.69, 9.17) is 0 Å². The van der Waals surface area contributed by atoms with Crippen LogP contribution >= 0.6 is 27.7 Å². The zero-order valence-electron chi connectivity index (χ0n) is 16.6. The Bertz CT molecular complexity index is 436. The second kappa shape index (κ2) is 16.2. The molecule has 0 radical (unpaired) electrons. The Labute approximate surface area is 169 Å². The van der Waals surface area contributed by atoms with Crippen molar-refractivity contribution in [2.24, 2.45) is 0 Å². The summed E-state index contributed by atoms with van der Waals surface area (Å²) in [7, 11) is 0. The number of nitrogens with zero attached hydrogens (tertiary/aromatic N) is 1. The lowest BCUT2D eigenvalue weighted by Gasteiger charge is -2.03. The van der Waals surface area contributed by atoms with Crippen molar-refractivity contribution in [1.82, 2.24) is 0 Å². The lowest BCUT2D eigenvalue weighted by Crippen LogP contribution is -2.31. The number of aryl methyl sites for hydroxylation is 1. The molecule has 0 saturated carbocycles. The lowest BCUT2D eigenvalue weighted by atomic mass is 10.1. The Kier molecular flexibility index (Phi) is 14.9. The van der Waals surface area contributed by atoms with Gasteiger partial charge in [-0.05, 0) is 40.1 Å². The van der Waals surface area contributed by atoms with Crippen LogP contribution in [0.3, 0.4) is 0 Å². The van der Waals surface area contributed by atoms with Gasteiger partial charge in [-0.15, -0.1) is 0 Å². The van der Waals surface area contributed by atoms with Gasteiger partial charge < -0.3 is 0 Å². The second-order valence-corrected chi connectivity index (χ2v) is 9.04. The summed E-state index contributed by atoms with van der Waals surface area (Å²) in [6.07, 6.45) is 22.7. The first-order chi connectivity index (χ1) is 12.3. The molecule has 1 aromatic heterocycles. The predicted molar refractivity (Wildman–Crippen MR) is 117 cm³/mol. The van der Waals surface area contributed by atoms with Gasteiger partial charge in [0.15, 0.2) is 18.3 Å². The van der Waals surface area contributed by atoms with E-state index in [1.54, 1.807) is 0 Å². The molecule has 3 heteroatoms. The first-order valence-electron chi connectivity index (χ1n) is 10.5. The standard InChI is InChI=1S/C22H39BrNS/c1-3-5-6-7-8-9-10-11-12-13-14-15-18-25-20-24-17-16-21(4-2)22(23)19-24/h16-17,19H,3-15,18,20H2,1-2H3/q+1. The molecule has 0 amide bonds. The average molecular weight is 430 g/mol. The molecule has 0 atom stereocenters. The number of pyridine rings is 1. The number of unbranched alkanes of at least 4 members (excludes halogenated alkanes) is 11. The zero-order valence-corrected chi connectivity index (χ0v) is 19.0. The van der Waals surface area contributed by atoms with Gasteiger partial charge in [-0.25, -0.2) is 0 Å². The van der Waals surface area contributed by atoms with Crippen LogP contribution in [0, 0.1) is 0 Å². The van der Waals surface area contributed by atoms with Gasteiger partial charge in [0, 0.05) is 6.07 Å². The number of thioether (sulfide) groups is 1. The Balaban J connectivity index is 1.87. The van der Waals surface area contributed by atoms with Crippen LogP contribution in [0.5, 0.6) is 0 Å². The van der Waals surface area contributed by atoms with E-state index in [0.29, 0.717) is 0 Å². The quantitative estimate of drug-likeness (QED) is 0.192. The summed E-state index contributed by atoms with van der Waals surface area (Å²) in [6.45, 7) is 4.49.